The van der Waals surface area contributed by atoms with Crippen LogP contribution in [0.5, 0.6) is 0 Å². The van der Waals surface area contributed by atoms with Crippen molar-refractivity contribution in [3.8, 4) is 0 Å². The SMILES string of the molecule is CC(C)c1nnc(CNC(=O)N2CCCC2C2CCCO2)s1. The maximum atomic E-state index is 12.4. The molecule has 2 aliphatic rings. The van der Waals surface area contributed by atoms with Crippen LogP contribution >= 0.6 is 11.3 Å². The smallest absolute Gasteiger partial charge is 0.318 e. The minimum atomic E-state index is -0.000651. The molecule has 2 unspecified atom stereocenters. The van der Waals surface area contributed by atoms with Gasteiger partial charge in [0.05, 0.1) is 18.7 Å². The highest BCUT2D eigenvalue weighted by molar-refractivity contribution is 7.11. The summed E-state index contributed by atoms with van der Waals surface area (Å²) in [5, 5.41) is 13.2. The Morgan fingerprint density at radius 3 is 2.95 bits per heavy atom. The van der Waals surface area contributed by atoms with Crippen molar-refractivity contribution in [2.45, 2.75) is 64.1 Å². The predicted molar refractivity (Wildman–Crippen MR) is 84.9 cm³/mol. The molecule has 3 rings (SSSR count). The fourth-order valence-electron chi connectivity index (χ4n) is 3.16. The quantitative estimate of drug-likeness (QED) is 0.924. The molecule has 2 saturated heterocycles. The summed E-state index contributed by atoms with van der Waals surface area (Å²) < 4.78 is 5.77. The molecule has 1 aromatic heterocycles. The van der Waals surface area contributed by atoms with Crippen LogP contribution in [0.25, 0.3) is 0 Å². The van der Waals surface area contributed by atoms with Crippen molar-refractivity contribution in [1.29, 1.82) is 0 Å². The fraction of sp³-hybridized carbons (Fsp3) is 0.800. The van der Waals surface area contributed by atoms with Gasteiger partial charge < -0.3 is 15.0 Å². The van der Waals surface area contributed by atoms with E-state index in [0.717, 1.165) is 48.9 Å². The largest absolute Gasteiger partial charge is 0.376 e. The van der Waals surface area contributed by atoms with Crippen LogP contribution < -0.4 is 5.32 Å². The molecule has 1 N–H and O–H groups in total. The molecule has 0 aromatic carbocycles. The van der Waals surface area contributed by atoms with Crippen LogP contribution in [0.4, 0.5) is 4.79 Å². The lowest BCUT2D eigenvalue weighted by atomic mass is 10.1. The number of nitrogens with one attached hydrogen (secondary N) is 1. The van der Waals surface area contributed by atoms with Crippen LogP contribution in [0.1, 0.15) is 55.5 Å². The number of urea groups is 1. The Labute approximate surface area is 135 Å². The Morgan fingerprint density at radius 1 is 1.41 bits per heavy atom. The zero-order valence-corrected chi connectivity index (χ0v) is 14.1. The van der Waals surface area contributed by atoms with Gasteiger partial charge >= 0.3 is 6.03 Å². The number of amides is 2. The summed E-state index contributed by atoms with van der Waals surface area (Å²) in [5.41, 5.74) is 0. The first-order valence-electron chi connectivity index (χ1n) is 8.13. The van der Waals surface area contributed by atoms with E-state index in [1.54, 1.807) is 11.3 Å². The van der Waals surface area contributed by atoms with E-state index in [-0.39, 0.29) is 18.2 Å². The molecule has 22 heavy (non-hydrogen) atoms. The molecule has 2 aliphatic heterocycles. The molecule has 0 radical (unpaired) electrons. The van der Waals surface area contributed by atoms with Crippen LogP contribution in [0.15, 0.2) is 0 Å². The summed E-state index contributed by atoms with van der Waals surface area (Å²) >= 11 is 1.57. The maximum Gasteiger partial charge on any atom is 0.318 e. The molecule has 0 saturated carbocycles. The van der Waals surface area contributed by atoms with Crippen LogP contribution in [-0.2, 0) is 11.3 Å². The van der Waals surface area contributed by atoms with Gasteiger partial charge in [0, 0.05) is 19.1 Å². The summed E-state index contributed by atoms with van der Waals surface area (Å²) in [4.78, 5) is 14.4. The number of hydrogen-bond donors (Lipinski definition) is 1. The molecule has 0 aliphatic carbocycles. The lowest BCUT2D eigenvalue weighted by Gasteiger charge is -2.28. The van der Waals surface area contributed by atoms with Crippen molar-refractivity contribution >= 4 is 17.4 Å². The second-order valence-electron chi connectivity index (χ2n) is 6.30. The molecule has 122 valence electrons. The summed E-state index contributed by atoms with van der Waals surface area (Å²) in [7, 11) is 0. The molecule has 2 atom stereocenters. The van der Waals surface area contributed by atoms with Crippen LogP contribution in [-0.4, -0.2) is 46.4 Å². The van der Waals surface area contributed by atoms with Gasteiger partial charge in [0.25, 0.3) is 0 Å². The second-order valence-corrected chi connectivity index (χ2v) is 7.40. The first kappa shape index (κ1) is 15.7. The van der Waals surface area contributed by atoms with Crippen LogP contribution in [0, 0.1) is 0 Å². The topological polar surface area (TPSA) is 67.4 Å². The molecule has 0 spiro atoms. The van der Waals surface area contributed by atoms with E-state index in [4.69, 9.17) is 4.74 Å². The summed E-state index contributed by atoms with van der Waals surface area (Å²) in [5.74, 6) is 0.379. The molecule has 0 bridgehead atoms. The molecule has 7 heteroatoms. The molecule has 3 heterocycles. The average molecular weight is 324 g/mol. The standard InChI is InChI=1S/C15H24N4O2S/c1-10(2)14-18-17-13(22-14)9-16-15(20)19-7-3-5-11(19)12-6-4-8-21-12/h10-12H,3-9H2,1-2H3,(H,16,20). The highest BCUT2D eigenvalue weighted by Crippen LogP contribution is 2.28. The Hall–Kier alpha value is -1.21. The number of likely N-dealkylation sites (tertiary alicyclic amines) is 1. The first-order chi connectivity index (χ1) is 10.6. The van der Waals surface area contributed by atoms with Gasteiger partial charge in [0.1, 0.15) is 10.0 Å². The van der Waals surface area contributed by atoms with Gasteiger partial charge in [-0.3, -0.25) is 0 Å². The Kier molecular flexibility index (Phi) is 4.93. The third kappa shape index (κ3) is 3.41. The normalized spacial score (nSPS) is 25.1. The van der Waals surface area contributed by atoms with Gasteiger partial charge in [-0.15, -0.1) is 10.2 Å². The van der Waals surface area contributed by atoms with Gasteiger partial charge in [0.15, 0.2) is 0 Å². The number of carbonyl (C=O) groups excluding carboxylic acids is 1. The molecular formula is C15H24N4O2S. The van der Waals surface area contributed by atoms with E-state index in [1.165, 1.54) is 0 Å². The van der Waals surface area contributed by atoms with Crippen molar-refractivity contribution in [2.24, 2.45) is 0 Å². The van der Waals surface area contributed by atoms with E-state index < -0.39 is 0 Å². The second kappa shape index (κ2) is 6.91. The molecule has 1 aromatic rings. The number of nitrogens with zero attached hydrogens (tertiary/aromatic N) is 3. The van der Waals surface area contributed by atoms with E-state index in [0.29, 0.717) is 12.5 Å². The maximum absolute atomic E-state index is 12.4. The Balaban J connectivity index is 1.54. The van der Waals surface area contributed by atoms with Gasteiger partial charge in [0.2, 0.25) is 0 Å². The predicted octanol–water partition coefficient (Wildman–Crippen LogP) is 2.51. The summed E-state index contributed by atoms with van der Waals surface area (Å²) in [6.45, 7) is 6.31. The van der Waals surface area contributed by atoms with Gasteiger partial charge in [-0.25, -0.2) is 4.79 Å². The lowest BCUT2D eigenvalue weighted by molar-refractivity contribution is 0.0520. The van der Waals surface area contributed by atoms with Crippen LogP contribution in [0.2, 0.25) is 0 Å². The van der Waals surface area contributed by atoms with E-state index in [9.17, 15) is 4.79 Å². The van der Waals surface area contributed by atoms with Gasteiger partial charge in [-0.1, -0.05) is 25.2 Å². The van der Waals surface area contributed by atoms with Gasteiger partial charge in [-0.05, 0) is 25.7 Å². The molecule has 2 fully saturated rings. The van der Waals surface area contributed by atoms with E-state index >= 15 is 0 Å². The lowest BCUT2D eigenvalue weighted by Crippen LogP contribution is -2.47. The van der Waals surface area contributed by atoms with Crippen molar-refractivity contribution in [3.63, 3.8) is 0 Å². The molecule has 2 amide bonds. The first-order valence-corrected chi connectivity index (χ1v) is 8.95. The molecule has 6 nitrogen and oxygen atoms in total. The average Bonchev–Trinajstić information content (AvgIpc) is 3.23. The third-order valence-electron chi connectivity index (χ3n) is 4.32. The minimum absolute atomic E-state index is 0.000651. The molecular weight excluding hydrogens is 300 g/mol. The highest BCUT2D eigenvalue weighted by Gasteiger charge is 2.36. The van der Waals surface area contributed by atoms with Crippen molar-refractivity contribution in [1.82, 2.24) is 20.4 Å². The van der Waals surface area contributed by atoms with Gasteiger partial charge in [-0.2, -0.15) is 0 Å². The fourth-order valence-corrected chi connectivity index (χ4v) is 3.95. The number of ether oxygens (including phenoxy) is 1. The van der Waals surface area contributed by atoms with Crippen LogP contribution in [0.3, 0.4) is 0 Å². The van der Waals surface area contributed by atoms with E-state index in [1.807, 2.05) is 4.90 Å². The minimum Gasteiger partial charge on any atom is -0.376 e. The number of carbonyl (C=O) groups is 1. The number of aromatic nitrogens is 2. The third-order valence-corrected chi connectivity index (χ3v) is 5.55. The van der Waals surface area contributed by atoms with Crippen molar-refractivity contribution < 1.29 is 9.53 Å². The highest BCUT2D eigenvalue weighted by atomic mass is 32.1. The monoisotopic (exact) mass is 324 g/mol. The number of hydrogen-bond acceptors (Lipinski definition) is 5. The Bertz CT molecular complexity index is 513. The zero-order valence-electron chi connectivity index (χ0n) is 13.2. The van der Waals surface area contributed by atoms with Crippen molar-refractivity contribution in [2.75, 3.05) is 13.2 Å². The summed E-state index contributed by atoms with van der Waals surface area (Å²) in [6, 6.07) is 0.238. The van der Waals surface area contributed by atoms with Crippen molar-refractivity contribution in [3.05, 3.63) is 10.0 Å². The summed E-state index contributed by atoms with van der Waals surface area (Å²) in [6.07, 6.45) is 4.52. The van der Waals surface area contributed by atoms with E-state index in [2.05, 4.69) is 29.4 Å². The number of rotatable bonds is 4. The zero-order chi connectivity index (χ0) is 15.5. The Morgan fingerprint density at radius 2 is 2.27 bits per heavy atom.